The molecule has 5 nitrogen and oxygen atoms in total. The first-order chi connectivity index (χ1) is 15.2. The summed E-state index contributed by atoms with van der Waals surface area (Å²) >= 11 is 1.73. The zero-order valence-corrected chi connectivity index (χ0v) is 18.5. The number of hydrogen-bond donors (Lipinski definition) is 1. The van der Waals surface area contributed by atoms with Crippen LogP contribution in [0, 0.1) is 11.3 Å². The maximum Gasteiger partial charge on any atom is 0.248 e. The number of nitrogens with zero attached hydrogens (tertiary/aromatic N) is 3. The Balaban J connectivity index is 1.14. The molecule has 6 heteroatoms. The van der Waals surface area contributed by atoms with Crippen LogP contribution in [0.5, 0.6) is 0 Å². The van der Waals surface area contributed by atoms with Crippen LogP contribution in [0.25, 0.3) is 6.08 Å². The van der Waals surface area contributed by atoms with Crippen LogP contribution < -0.4 is 10.2 Å². The van der Waals surface area contributed by atoms with Crippen LogP contribution in [0.15, 0.2) is 59.0 Å². The van der Waals surface area contributed by atoms with Crippen LogP contribution in [0.3, 0.4) is 0 Å². The highest BCUT2D eigenvalue weighted by atomic mass is 32.2. The average Bonchev–Trinajstić information content (AvgIpc) is 2.83. The second kappa shape index (κ2) is 10.5. The Morgan fingerprint density at radius 3 is 2.65 bits per heavy atom. The van der Waals surface area contributed by atoms with Gasteiger partial charge in [-0.15, -0.1) is 11.8 Å². The molecule has 0 unspecified atom stereocenters. The summed E-state index contributed by atoms with van der Waals surface area (Å²) in [5.41, 5.74) is 3.80. The molecule has 160 valence electrons. The van der Waals surface area contributed by atoms with Crippen LogP contribution in [0.2, 0.25) is 0 Å². The summed E-state index contributed by atoms with van der Waals surface area (Å²) in [5, 5.41) is 12.4. The molecule has 2 aliphatic rings. The number of nitrogens with one attached hydrogen (secondary N) is 1. The Morgan fingerprint density at radius 1 is 1.03 bits per heavy atom. The maximum absolute atomic E-state index is 12.5. The molecular formula is C25H28N4OS. The lowest BCUT2D eigenvalue weighted by Gasteiger charge is -2.36. The first kappa shape index (κ1) is 21.5. The van der Waals surface area contributed by atoms with Gasteiger partial charge in [-0.25, -0.2) is 0 Å². The number of nitriles is 1. The van der Waals surface area contributed by atoms with E-state index in [2.05, 4.69) is 33.3 Å². The summed E-state index contributed by atoms with van der Waals surface area (Å²) in [5.74, 6) is 0.800. The van der Waals surface area contributed by atoms with Crippen molar-refractivity contribution in [3.63, 3.8) is 0 Å². The van der Waals surface area contributed by atoms with E-state index in [1.165, 1.54) is 4.90 Å². The Hall–Kier alpha value is -2.75. The van der Waals surface area contributed by atoms with Crippen molar-refractivity contribution in [1.29, 1.82) is 5.26 Å². The summed E-state index contributed by atoms with van der Waals surface area (Å²) < 4.78 is 0. The summed E-state index contributed by atoms with van der Waals surface area (Å²) in [7, 11) is 0. The van der Waals surface area contributed by atoms with Crippen molar-refractivity contribution in [2.24, 2.45) is 0 Å². The first-order valence-electron chi connectivity index (χ1n) is 10.9. The van der Waals surface area contributed by atoms with Gasteiger partial charge in [0.05, 0.1) is 11.3 Å². The molecule has 0 atom stereocenters. The van der Waals surface area contributed by atoms with Gasteiger partial charge in [0.2, 0.25) is 5.91 Å². The highest BCUT2D eigenvalue weighted by Crippen LogP contribution is 2.31. The zero-order chi connectivity index (χ0) is 21.5. The van der Waals surface area contributed by atoms with Crippen molar-refractivity contribution in [1.82, 2.24) is 10.2 Å². The van der Waals surface area contributed by atoms with E-state index < -0.39 is 0 Å². The summed E-state index contributed by atoms with van der Waals surface area (Å²) in [6, 6.07) is 18.3. The molecule has 0 saturated carbocycles. The number of carbonyl (C=O) groups is 1. The van der Waals surface area contributed by atoms with Crippen molar-refractivity contribution in [2.45, 2.75) is 17.7 Å². The SMILES string of the molecule is N#Cc1ccccc1N1CCN(CCCCNC(=O)C2=Cc3ccccc3SC2)CC1. The lowest BCUT2D eigenvalue weighted by molar-refractivity contribution is -0.117. The number of carbonyl (C=O) groups excluding carboxylic acids is 1. The molecule has 4 rings (SSSR count). The van der Waals surface area contributed by atoms with Crippen molar-refractivity contribution < 1.29 is 4.79 Å². The lowest BCUT2D eigenvalue weighted by Crippen LogP contribution is -2.47. The fourth-order valence-electron chi connectivity index (χ4n) is 4.08. The molecular weight excluding hydrogens is 404 g/mol. The van der Waals surface area contributed by atoms with Gasteiger partial charge in [0.25, 0.3) is 0 Å². The lowest BCUT2D eigenvalue weighted by atomic mass is 10.1. The van der Waals surface area contributed by atoms with Gasteiger partial charge in [0, 0.05) is 48.9 Å². The highest BCUT2D eigenvalue weighted by molar-refractivity contribution is 7.99. The van der Waals surface area contributed by atoms with Gasteiger partial charge < -0.3 is 10.2 Å². The largest absolute Gasteiger partial charge is 0.368 e. The number of fused-ring (bicyclic) bond motifs is 1. The van der Waals surface area contributed by atoms with Crippen molar-refractivity contribution >= 4 is 29.4 Å². The third-order valence-corrected chi connectivity index (χ3v) is 6.99. The van der Waals surface area contributed by atoms with E-state index in [4.69, 9.17) is 0 Å². The van der Waals surface area contributed by atoms with Crippen molar-refractivity contribution in [2.75, 3.05) is 49.9 Å². The van der Waals surface area contributed by atoms with E-state index in [-0.39, 0.29) is 5.91 Å². The van der Waals surface area contributed by atoms with E-state index in [0.717, 1.165) is 80.3 Å². The first-order valence-corrected chi connectivity index (χ1v) is 11.9. The summed E-state index contributed by atoms with van der Waals surface area (Å²) in [6.07, 6.45) is 4.08. The van der Waals surface area contributed by atoms with Gasteiger partial charge in [-0.05, 0) is 49.2 Å². The molecule has 2 aromatic rings. The molecule has 1 saturated heterocycles. The highest BCUT2D eigenvalue weighted by Gasteiger charge is 2.19. The Bertz CT molecular complexity index is 989. The molecule has 2 aromatic carbocycles. The van der Waals surface area contributed by atoms with E-state index in [1.54, 1.807) is 11.8 Å². The second-order valence-electron chi connectivity index (χ2n) is 7.92. The molecule has 0 spiro atoms. The van der Waals surface area contributed by atoms with Gasteiger partial charge in [0.1, 0.15) is 6.07 Å². The van der Waals surface area contributed by atoms with Gasteiger partial charge in [0.15, 0.2) is 0 Å². The molecule has 0 radical (unpaired) electrons. The summed E-state index contributed by atoms with van der Waals surface area (Å²) in [4.78, 5) is 18.5. The molecule has 1 N–H and O–H groups in total. The molecule has 0 aliphatic carbocycles. The Morgan fingerprint density at radius 2 is 1.81 bits per heavy atom. The van der Waals surface area contributed by atoms with Crippen LogP contribution in [-0.2, 0) is 4.79 Å². The monoisotopic (exact) mass is 432 g/mol. The number of unbranched alkanes of at least 4 members (excludes halogenated alkanes) is 1. The van der Waals surface area contributed by atoms with E-state index in [1.807, 2.05) is 42.5 Å². The van der Waals surface area contributed by atoms with E-state index in [0.29, 0.717) is 0 Å². The average molecular weight is 433 g/mol. The zero-order valence-electron chi connectivity index (χ0n) is 17.7. The number of benzene rings is 2. The van der Waals surface area contributed by atoms with Gasteiger partial charge >= 0.3 is 0 Å². The molecule has 0 aromatic heterocycles. The van der Waals surface area contributed by atoms with Gasteiger partial charge in [-0.2, -0.15) is 5.26 Å². The Kier molecular flexibility index (Phi) is 7.29. The topological polar surface area (TPSA) is 59.4 Å². The number of anilines is 1. The van der Waals surface area contributed by atoms with Crippen LogP contribution in [-0.4, -0.2) is 55.8 Å². The van der Waals surface area contributed by atoms with E-state index >= 15 is 0 Å². The normalized spacial score (nSPS) is 16.2. The number of hydrogen-bond acceptors (Lipinski definition) is 5. The maximum atomic E-state index is 12.5. The number of rotatable bonds is 7. The van der Waals surface area contributed by atoms with Crippen molar-refractivity contribution in [3.05, 3.63) is 65.2 Å². The quantitative estimate of drug-likeness (QED) is 0.675. The third-order valence-electron chi connectivity index (χ3n) is 5.85. The standard InChI is InChI=1S/C25H28N4OS/c26-18-21-8-1-3-9-23(21)29-15-13-28(14-16-29)12-6-5-11-27-25(30)22-17-20-7-2-4-10-24(20)31-19-22/h1-4,7-10,17H,5-6,11-16,19H2,(H,27,30). The minimum Gasteiger partial charge on any atom is -0.368 e. The van der Waals surface area contributed by atoms with E-state index in [9.17, 15) is 10.1 Å². The fraction of sp³-hybridized carbons (Fsp3) is 0.360. The number of amides is 1. The molecule has 0 bridgehead atoms. The van der Waals surface area contributed by atoms with Gasteiger partial charge in [-0.3, -0.25) is 9.69 Å². The molecule has 1 fully saturated rings. The number of piperazine rings is 1. The van der Waals surface area contributed by atoms with Crippen LogP contribution in [0.1, 0.15) is 24.0 Å². The second-order valence-corrected chi connectivity index (χ2v) is 8.93. The molecule has 2 aliphatic heterocycles. The third kappa shape index (κ3) is 5.49. The van der Waals surface area contributed by atoms with Gasteiger partial charge in [-0.1, -0.05) is 30.3 Å². The minimum absolute atomic E-state index is 0.0618. The van der Waals surface area contributed by atoms with Crippen molar-refractivity contribution in [3.8, 4) is 6.07 Å². The molecule has 2 heterocycles. The minimum atomic E-state index is 0.0618. The Labute approximate surface area is 188 Å². The van der Waals surface area contributed by atoms with Crippen LogP contribution >= 0.6 is 11.8 Å². The number of para-hydroxylation sites is 1. The van der Waals surface area contributed by atoms with Crippen LogP contribution in [0.4, 0.5) is 5.69 Å². The predicted molar refractivity (Wildman–Crippen MR) is 127 cm³/mol. The fourth-order valence-corrected chi connectivity index (χ4v) is 5.07. The number of thioether (sulfide) groups is 1. The summed E-state index contributed by atoms with van der Waals surface area (Å²) in [6.45, 7) is 5.68. The predicted octanol–water partition coefficient (Wildman–Crippen LogP) is 3.77. The molecule has 1 amide bonds. The molecule has 31 heavy (non-hydrogen) atoms. The smallest absolute Gasteiger partial charge is 0.248 e.